The van der Waals surface area contributed by atoms with Gasteiger partial charge in [0.25, 0.3) is 5.69 Å². The van der Waals surface area contributed by atoms with Gasteiger partial charge in [0, 0.05) is 31.6 Å². The zero-order chi connectivity index (χ0) is 13.1. The van der Waals surface area contributed by atoms with Gasteiger partial charge in [-0.15, -0.1) is 11.3 Å². The van der Waals surface area contributed by atoms with Gasteiger partial charge in [0.05, 0.1) is 11.5 Å². The lowest BCUT2D eigenvalue weighted by Gasteiger charge is -2.07. The maximum atomic E-state index is 10.6. The molecule has 0 aliphatic carbocycles. The SMILES string of the molecule is O=[N+]([O-])c1ccc(NCc2sccc2Br)c(Br)c1. The minimum absolute atomic E-state index is 0.0738. The van der Waals surface area contributed by atoms with Crippen LogP contribution < -0.4 is 5.32 Å². The summed E-state index contributed by atoms with van der Waals surface area (Å²) < 4.78 is 1.75. The van der Waals surface area contributed by atoms with Crippen molar-refractivity contribution < 1.29 is 4.92 Å². The van der Waals surface area contributed by atoms with Crippen LogP contribution in [0.4, 0.5) is 11.4 Å². The fourth-order valence-corrected chi connectivity index (χ4v) is 3.33. The van der Waals surface area contributed by atoms with Gasteiger partial charge in [0.1, 0.15) is 0 Å². The van der Waals surface area contributed by atoms with Gasteiger partial charge < -0.3 is 5.32 Å². The Morgan fingerprint density at radius 1 is 1.28 bits per heavy atom. The van der Waals surface area contributed by atoms with Crippen LogP contribution in [-0.2, 0) is 6.54 Å². The first-order valence-corrected chi connectivity index (χ1v) is 7.44. The van der Waals surface area contributed by atoms with Gasteiger partial charge in [-0.2, -0.15) is 0 Å². The zero-order valence-electron chi connectivity index (χ0n) is 9.02. The van der Waals surface area contributed by atoms with Gasteiger partial charge in [-0.3, -0.25) is 10.1 Å². The van der Waals surface area contributed by atoms with E-state index in [1.165, 1.54) is 17.0 Å². The summed E-state index contributed by atoms with van der Waals surface area (Å²) in [6.07, 6.45) is 0. The first-order valence-electron chi connectivity index (χ1n) is 4.97. The van der Waals surface area contributed by atoms with Crippen molar-refractivity contribution in [2.75, 3.05) is 5.32 Å². The van der Waals surface area contributed by atoms with Crippen LogP contribution in [0.3, 0.4) is 0 Å². The minimum atomic E-state index is -0.412. The second-order valence-corrected chi connectivity index (χ2v) is 6.18. The normalized spacial score (nSPS) is 10.3. The van der Waals surface area contributed by atoms with Crippen molar-refractivity contribution in [3.05, 3.63) is 53.6 Å². The lowest BCUT2D eigenvalue weighted by molar-refractivity contribution is -0.384. The summed E-state index contributed by atoms with van der Waals surface area (Å²) in [5.74, 6) is 0. The van der Waals surface area contributed by atoms with Gasteiger partial charge in [0.15, 0.2) is 0 Å². The van der Waals surface area contributed by atoms with E-state index in [0.29, 0.717) is 11.0 Å². The van der Waals surface area contributed by atoms with Crippen molar-refractivity contribution in [3.63, 3.8) is 0 Å². The van der Waals surface area contributed by atoms with Crippen LogP contribution in [-0.4, -0.2) is 4.92 Å². The van der Waals surface area contributed by atoms with Gasteiger partial charge in [0.2, 0.25) is 0 Å². The smallest absolute Gasteiger partial charge is 0.270 e. The Labute approximate surface area is 124 Å². The molecule has 0 amide bonds. The average molecular weight is 392 g/mol. The fraction of sp³-hybridized carbons (Fsp3) is 0.0909. The number of thiophene rings is 1. The minimum Gasteiger partial charge on any atom is -0.379 e. The predicted octanol–water partition coefficient (Wildman–Crippen LogP) is 4.79. The summed E-state index contributed by atoms with van der Waals surface area (Å²) in [5, 5.41) is 15.9. The number of nitrogens with zero attached hydrogens (tertiary/aromatic N) is 1. The van der Waals surface area contributed by atoms with Crippen molar-refractivity contribution in [2.24, 2.45) is 0 Å². The number of rotatable bonds is 4. The molecule has 0 aliphatic heterocycles. The first-order chi connectivity index (χ1) is 8.58. The molecule has 1 aromatic heterocycles. The second kappa shape index (κ2) is 5.81. The van der Waals surface area contributed by atoms with Gasteiger partial charge in [-0.05, 0) is 49.4 Å². The Bertz CT molecular complexity index is 586. The summed E-state index contributed by atoms with van der Waals surface area (Å²) in [5.41, 5.74) is 0.908. The Kier molecular flexibility index (Phi) is 4.36. The van der Waals surface area contributed by atoms with E-state index in [0.717, 1.165) is 10.2 Å². The van der Waals surface area contributed by atoms with E-state index in [-0.39, 0.29) is 5.69 Å². The van der Waals surface area contributed by atoms with E-state index in [4.69, 9.17) is 0 Å². The summed E-state index contributed by atoms with van der Waals surface area (Å²) in [4.78, 5) is 11.4. The van der Waals surface area contributed by atoms with Gasteiger partial charge in [-0.25, -0.2) is 0 Å². The molecule has 1 aromatic carbocycles. The van der Waals surface area contributed by atoms with Crippen molar-refractivity contribution in [1.82, 2.24) is 0 Å². The number of halogens is 2. The topological polar surface area (TPSA) is 55.2 Å². The zero-order valence-corrected chi connectivity index (χ0v) is 13.0. The lowest BCUT2D eigenvalue weighted by Crippen LogP contribution is -1.99. The molecule has 7 heteroatoms. The third kappa shape index (κ3) is 3.09. The van der Waals surface area contributed by atoms with Crippen molar-refractivity contribution in [1.29, 1.82) is 0 Å². The number of hydrogen-bond acceptors (Lipinski definition) is 4. The number of hydrogen-bond donors (Lipinski definition) is 1. The summed E-state index contributed by atoms with van der Waals surface area (Å²) in [6, 6.07) is 6.67. The molecule has 2 aromatic rings. The first kappa shape index (κ1) is 13.5. The van der Waals surface area contributed by atoms with E-state index in [1.54, 1.807) is 17.4 Å². The van der Waals surface area contributed by atoms with Crippen molar-refractivity contribution in [2.45, 2.75) is 6.54 Å². The highest BCUT2D eigenvalue weighted by atomic mass is 79.9. The van der Waals surface area contributed by atoms with Gasteiger partial charge in [-0.1, -0.05) is 0 Å². The second-order valence-electron chi connectivity index (χ2n) is 3.47. The number of non-ortho nitro benzene ring substituents is 1. The van der Waals surface area contributed by atoms with Crippen molar-refractivity contribution >= 4 is 54.6 Å². The van der Waals surface area contributed by atoms with Crippen LogP contribution in [0, 0.1) is 10.1 Å². The Morgan fingerprint density at radius 2 is 2.06 bits per heavy atom. The van der Waals surface area contributed by atoms with Gasteiger partial charge >= 0.3 is 0 Å². The van der Waals surface area contributed by atoms with Crippen LogP contribution in [0.15, 0.2) is 38.6 Å². The predicted molar refractivity (Wildman–Crippen MR) is 80.1 cm³/mol. The average Bonchev–Trinajstić information content (AvgIpc) is 2.73. The van der Waals surface area contributed by atoms with Crippen LogP contribution in [0.25, 0.3) is 0 Å². The quantitative estimate of drug-likeness (QED) is 0.601. The molecule has 0 aliphatic rings. The number of benzene rings is 1. The molecule has 0 fully saturated rings. The Hall–Kier alpha value is -0.920. The molecule has 0 bridgehead atoms. The summed E-state index contributed by atoms with van der Waals surface area (Å²) in [6.45, 7) is 0.675. The number of nitro benzene ring substituents is 1. The molecule has 1 N–H and O–H groups in total. The molecule has 0 saturated carbocycles. The highest BCUT2D eigenvalue weighted by Gasteiger charge is 2.09. The molecular weight excluding hydrogens is 384 g/mol. The van der Waals surface area contributed by atoms with E-state index >= 15 is 0 Å². The molecule has 0 saturated heterocycles. The molecular formula is C11H8Br2N2O2S. The molecule has 18 heavy (non-hydrogen) atoms. The number of anilines is 1. The molecule has 94 valence electrons. The molecule has 4 nitrogen and oxygen atoms in total. The Morgan fingerprint density at radius 3 is 2.61 bits per heavy atom. The molecule has 0 atom stereocenters. The van der Waals surface area contributed by atoms with E-state index in [1.807, 2.05) is 11.4 Å². The largest absolute Gasteiger partial charge is 0.379 e. The standard InChI is InChI=1S/C11H8Br2N2O2S/c12-8-3-4-18-11(8)6-14-10-2-1-7(15(16)17)5-9(10)13/h1-5,14H,6H2. The lowest BCUT2D eigenvalue weighted by atomic mass is 10.3. The molecule has 0 spiro atoms. The monoisotopic (exact) mass is 390 g/mol. The highest BCUT2D eigenvalue weighted by Crippen LogP contribution is 2.29. The highest BCUT2D eigenvalue weighted by molar-refractivity contribution is 9.11. The van der Waals surface area contributed by atoms with E-state index in [9.17, 15) is 10.1 Å². The van der Waals surface area contributed by atoms with Crippen LogP contribution in [0.2, 0.25) is 0 Å². The third-order valence-corrected chi connectivity index (χ3v) is 4.88. The molecule has 0 radical (unpaired) electrons. The molecule has 0 unspecified atom stereocenters. The third-order valence-electron chi connectivity index (χ3n) is 2.29. The summed E-state index contributed by atoms with van der Waals surface area (Å²) >= 11 is 8.43. The number of nitrogens with one attached hydrogen (secondary N) is 1. The van der Waals surface area contributed by atoms with Crippen molar-refractivity contribution in [3.8, 4) is 0 Å². The number of nitro groups is 1. The van der Waals surface area contributed by atoms with Crippen LogP contribution in [0.1, 0.15) is 4.88 Å². The molecule has 1 heterocycles. The fourth-order valence-electron chi connectivity index (χ4n) is 1.39. The summed E-state index contributed by atoms with van der Waals surface area (Å²) in [7, 11) is 0. The maximum Gasteiger partial charge on any atom is 0.270 e. The van der Waals surface area contributed by atoms with E-state index < -0.39 is 4.92 Å². The Balaban J connectivity index is 2.11. The van der Waals surface area contributed by atoms with Crippen LogP contribution in [0.5, 0.6) is 0 Å². The molecule has 2 rings (SSSR count). The van der Waals surface area contributed by atoms with Crippen LogP contribution >= 0.6 is 43.2 Å². The van der Waals surface area contributed by atoms with E-state index in [2.05, 4.69) is 37.2 Å². The maximum absolute atomic E-state index is 10.6.